The first-order chi connectivity index (χ1) is 11.1. The van der Waals surface area contributed by atoms with E-state index in [1.165, 1.54) is 0 Å². The van der Waals surface area contributed by atoms with Crippen molar-refractivity contribution >= 4 is 46.1 Å². The summed E-state index contributed by atoms with van der Waals surface area (Å²) in [6.45, 7) is 0. The number of para-hydroxylation sites is 2. The van der Waals surface area contributed by atoms with Crippen molar-refractivity contribution in [2.24, 2.45) is 5.73 Å². The Balaban J connectivity index is 1.94. The molecular formula is C18H15N3OS. The zero-order valence-corrected chi connectivity index (χ0v) is 13.0. The first kappa shape index (κ1) is 15.0. The van der Waals surface area contributed by atoms with Crippen molar-refractivity contribution in [1.29, 1.82) is 0 Å². The molecule has 0 spiro atoms. The van der Waals surface area contributed by atoms with Crippen molar-refractivity contribution in [3.05, 3.63) is 65.9 Å². The molecule has 3 aromatic rings. The quantitative estimate of drug-likeness (QED) is 0.641. The zero-order chi connectivity index (χ0) is 16.2. The van der Waals surface area contributed by atoms with Gasteiger partial charge in [0.05, 0.1) is 5.69 Å². The van der Waals surface area contributed by atoms with E-state index < -0.39 is 0 Å². The summed E-state index contributed by atoms with van der Waals surface area (Å²) in [5, 5.41) is 14.0. The van der Waals surface area contributed by atoms with Gasteiger partial charge in [-0.25, -0.2) is 4.98 Å². The average molecular weight is 321 g/mol. The van der Waals surface area contributed by atoms with Crippen LogP contribution in [0.15, 0.2) is 54.6 Å². The number of hydrogen-bond acceptors (Lipinski definition) is 3. The number of phenols is 1. The largest absolute Gasteiger partial charge is 0.506 e. The molecule has 0 amide bonds. The van der Waals surface area contributed by atoms with Gasteiger partial charge in [-0.05, 0) is 42.1 Å². The second-order valence-electron chi connectivity index (χ2n) is 4.99. The topological polar surface area (TPSA) is 71.2 Å². The Bertz CT molecular complexity index is 906. The first-order valence-corrected chi connectivity index (χ1v) is 7.46. The van der Waals surface area contributed by atoms with Crippen LogP contribution in [0.25, 0.3) is 23.1 Å². The van der Waals surface area contributed by atoms with Gasteiger partial charge in [0.25, 0.3) is 0 Å². The van der Waals surface area contributed by atoms with E-state index in [4.69, 9.17) is 18.0 Å². The maximum absolute atomic E-state index is 9.90. The van der Waals surface area contributed by atoms with Gasteiger partial charge in [-0.15, -0.1) is 0 Å². The molecule has 1 aromatic heterocycles. The monoisotopic (exact) mass is 321 g/mol. The summed E-state index contributed by atoms with van der Waals surface area (Å²) in [6.07, 6.45) is 3.81. The fourth-order valence-corrected chi connectivity index (χ4v) is 2.41. The smallest absolute Gasteiger partial charge is 0.168 e. The summed E-state index contributed by atoms with van der Waals surface area (Å²) in [6, 6.07) is 16.9. The number of benzene rings is 2. The number of nitrogens with zero attached hydrogens (tertiary/aromatic N) is 1. The van der Waals surface area contributed by atoms with Crippen LogP contribution in [0, 0.1) is 0 Å². The second-order valence-corrected chi connectivity index (χ2v) is 5.43. The van der Waals surface area contributed by atoms with Gasteiger partial charge in [-0.1, -0.05) is 42.5 Å². The van der Waals surface area contributed by atoms with Gasteiger partial charge < -0.3 is 16.2 Å². The van der Waals surface area contributed by atoms with Gasteiger partial charge in [0.1, 0.15) is 11.3 Å². The predicted octanol–water partition coefficient (Wildman–Crippen LogP) is 3.77. The summed E-state index contributed by atoms with van der Waals surface area (Å²) < 4.78 is 0. The van der Waals surface area contributed by atoms with E-state index in [9.17, 15) is 5.11 Å². The lowest BCUT2D eigenvalue weighted by atomic mass is 10.1. The van der Waals surface area contributed by atoms with E-state index in [0.717, 1.165) is 22.3 Å². The highest BCUT2D eigenvalue weighted by atomic mass is 32.1. The minimum absolute atomic E-state index is 0.174. The normalized spacial score (nSPS) is 11.0. The second kappa shape index (κ2) is 6.46. The van der Waals surface area contributed by atoms with Crippen molar-refractivity contribution in [2.45, 2.75) is 0 Å². The van der Waals surface area contributed by atoms with Gasteiger partial charge in [0.15, 0.2) is 5.11 Å². The van der Waals surface area contributed by atoms with Crippen LogP contribution in [0.2, 0.25) is 0 Å². The highest BCUT2D eigenvalue weighted by Crippen LogP contribution is 2.23. The molecule has 0 aliphatic rings. The minimum atomic E-state index is 0.174. The number of pyridine rings is 1. The number of fused-ring (bicyclic) bond motifs is 1. The number of phenolic OH excluding ortho intramolecular Hbond substituents is 1. The maximum Gasteiger partial charge on any atom is 0.168 e. The molecule has 2 aromatic carbocycles. The number of anilines is 1. The van der Waals surface area contributed by atoms with Gasteiger partial charge in [0, 0.05) is 11.1 Å². The number of aromatic hydroxyl groups is 1. The number of thiocarbonyl (C=S) groups is 1. The molecule has 4 N–H and O–H groups in total. The zero-order valence-electron chi connectivity index (χ0n) is 12.2. The molecule has 114 valence electrons. The van der Waals surface area contributed by atoms with Crippen LogP contribution in [0.5, 0.6) is 5.75 Å². The van der Waals surface area contributed by atoms with Crippen molar-refractivity contribution < 1.29 is 5.11 Å². The van der Waals surface area contributed by atoms with Gasteiger partial charge in [0.2, 0.25) is 0 Å². The Morgan fingerprint density at radius 1 is 1.04 bits per heavy atom. The van der Waals surface area contributed by atoms with Crippen LogP contribution < -0.4 is 11.1 Å². The fourth-order valence-electron chi connectivity index (χ4n) is 2.30. The lowest BCUT2D eigenvalue weighted by Gasteiger charge is -2.07. The Morgan fingerprint density at radius 3 is 2.70 bits per heavy atom. The molecule has 4 nitrogen and oxygen atoms in total. The van der Waals surface area contributed by atoms with E-state index >= 15 is 0 Å². The molecule has 1 heterocycles. The number of nitrogens with one attached hydrogen (secondary N) is 1. The standard InChI is InChI=1S/C18H15N3OS/c19-18(23)21-15-6-2-1-4-12(15)8-10-14-11-9-13-5-3-7-16(22)17(13)20-14/h1-11,22H,(H3,19,21,23). The summed E-state index contributed by atoms with van der Waals surface area (Å²) in [5.41, 5.74) is 8.65. The SMILES string of the molecule is NC(=S)Nc1ccccc1C=Cc1ccc2cccc(O)c2n1. The molecule has 0 radical (unpaired) electrons. The summed E-state index contributed by atoms with van der Waals surface area (Å²) in [5.74, 6) is 0.174. The Labute approximate surface area is 139 Å². The van der Waals surface area contributed by atoms with Crippen molar-refractivity contribution in [3.63, 3.8) is 0 Å². The van der Waals surface area contributed by atoms with Crippen molar-refractivity contribution in [3.8, 4) is 5.75 Å². The lowest BCUT2D eigenvalue weighted by Crippen LogP contribution is -2.19. The molecule has 3 rings (SSSR count). The average Bonchev–Trinajstić information content (AvgIpc) is 2.54. The van der Waals surface area contributed by atoms with Crippen molar-refractivity contribution in [1.82, 2.24) is 4.98 Å². The van der Waals surface area contributed by atoms with E-state index in [-0.39, 0.29) is 10.9 Å². The molecule has 0 fully saturated rings. The Hall–Kier alpha value is -2.92. The van der Waals surface area contributed by atoms with Crippen LogP contribution in [0.1, 0.15) is 11.3 Å². The lowest BCUT2D eigenvalue weighted by molar-refractivity contribution is 0.480. The summed E-state index contributed by atoms with van der Waals surface area (Å²) >= 11 is 4.88. The van der Waals surface area contributed by atoms with Gasteiger partial charge in [-0.2, -0.15) is 0 Å². The third kappa shape index (κ3) is 3.46. The van der Waals surface area contributed by atoms with Crippen LogP contribution in [-0.2, 0) is 0 Å². The molecular weight excluding hydrogens is 306 g/mol. The number of rotatable bonds is 3. The molecule has 0 aliphatic heterocycles. The molecule has 0 unspecified atom stereocenters. The van der Waals surface area contributed by atoms with Crippen LogP contribution in [0.3, 0.4) is 0 Å². The number of nitrogens with two attached hydrogens (primary N) is 1. The third-order valence-corrected chi connectivity index (χ3v) is 3.47. The summed E-state index contributed by atoms with van der Waals surface area (Å²) in [4.78, 5) is 4.47. The third-order valence-electron chi connectivity index (χ3n) is 3.37. The van der Waals surface area contributed by atoms with E-state index in [2.05, 4.69) is 10.3 Å². The fraction of sp³-hybridized carbons (Fsp3) is 0. The van der Waals surface area contributed by atoms with E-state index in [1.807, 2.05) is 54.6 Å². The first-order valence-electron chi connectivity index (χ1n) is 7.06. The Morgan fingerprint density at radius 2 is 1.87 bits per heavy atom. The molecule has 0 bridgehead atoms. The molecule has 23 heavy (non-hydrogen) atoms. The van der Waals surface area contributed by atoms with Crippen LogP contribution in [0.4, 0.5) is 5.69 Å². The highest BCUT2D eigenvalue weighted by Gasteiger charge is 2.02. The summed E-state index contributed by atoms with van der Waals surface area (Å²) in [7, 11) is 0. The highest BCUT2D eigenvalue weighted by molar-refractivity contribution is 7.80. The number of hydrogen-bond donors (Lipinski definition) is 3. The molecule has 5 heteroatoms. The minimum Gasteiger partial charge on any atom is -0.506 e. The van der Waals surface area contributed by atoms with E-state index in [0.29, 0.717) is 5.52 Å². The number of aromatic nitrogens is 1. The molecule has 0 atom stereocenters. The van der Waals surface area contributed by atoms with Crippen LogP contribution in [-0.4, -0.2) is 15.2 Å². The van der Waals surface area contributed by atoms with E-state index in [1.54, 1.807) is 12.1 Å². The molecule has 0 saturated heterocycles. The molecule has 0 aliphatic carbocycles. The van der Waals surface area contributed by atoms with Crippen LogP contribution >= 0.6 is 12.2 Å². The van der Waals surface area contributed by atoms with Crippen molar-refractivity contribution in [2.75, 3.05) is 5.32 Å². The predicted molar refractivity (Wildman–Crippen MR) is 99.2 cm³/mol. The maximum atomic E-state index is 9.90. The van der Waals surface area contributed by atoms with Gasteiger partial charge >= 0.3 is 0 Å². The van der Waals surface area contributed by atoms with Gasteiger partial charge in [-0.3, -0.25) is 0 Å². The molecule has 0 saturated carbocycles. The Kier molecular flexibility index (Phi) is 4.21.